The molecular formula is C31H26FN3O7S. The van der Waals surface area contributed by atoms with Gasteiger partial charge in [-0.3, -0.25) is 9.52 Å². The van der Waals surface area contributed by atoms with Crippen molar-refractivity contribution in [2.45, 2.75) is 13.5 Å². The van der Waals surface area contributed by atoms with Gasteiger partial charge in [0.05, 0.1) is 22.7 Å². The molecule has 0 saturated heterocycles. The van der Waals surface area contributed by atoms with Gasteiger partial charge in [0.1, 0.15) is 23.8 Å². The number of benzene rings is 3. The van der Waals surface area contributed by atoms with Gasteiger partial charge in [-0.25, -0.2) is 22.6 Å². The van der Waals surface area contributed by atoms with Crippen molar-refractivity contribution in [3.63, 3.8) is 0 Å². The van der Waals surface area contributed by atoms with Gasteiger partial charge in [0.25, 0.3) is 5.91 Å². The highest BCUT2D eigenvalue weighted by Gasteiger charge is 2.25. The molecule has 12 heteroatoms. The molecule has 0 radical (unpaired) electrons. The number of carbonyl (C=O) groups is 2. The fraction of sp³-hybridized carbons (Fsp3) is 0.129. The Kier molecular flexibility index (Phi) is 8.13. The molecule has 0 fully saturated rings. The maximum absolute atomic E-state index is 13.6. The first-order chi connectivity index (χ1) is 20.6. The van der Waals surface area contributed by atoms with Gasteiger partial charge in [-0.1, -0.05) is 30.3 Å². The first-order valence-corrected chi connectivity index (χ1v) is 14.8. The molecule has 43 heavy (non-hydrogen) atoms. The van der Waals surface area contributed by atoms with E-state index in [4.69, 9.17) is 9.15 Å². The maximum atomic E-state index is 13.6. The molecule has 220 valence electrons. The summed E-state index contributed by atoms with van der Waals surface area (Å²) >= 11 is 0. The summed E-state index contributed by atoms with van der Waals surface area (Å²) in [5.41, 5.74) is 1.49. The molecule has 0 atom stereocenters. The van der Waals surface area contributed by atoms with Crippen LogP contribution >= 0.6 is 0 Å². The van der Waals surface area contributed by atoms with Crippen molar-refractivity contribution in [1.29, 1.82) is 0 Å². The Morgan fingerprint density at radius 1 is 1.02 bits per heavy atom. The number of rotatable bonds is 10. The SMILES string of the molecule is CCS(=O)(=O)Nc1cc2oc(-c3ccc(F)cc3)c(C(=O)NC)c2cc1-c1ccc(OCc2ccccc2)c(C(=O)O)n1. The number of hydrogen-bond donors (Lipinski definition) is 3. The van der Waals surface area contributed by atoms with Crippen LogP contribution in [0.25, 0.3) is 33.6 Å². The second-order valence-electron chi connectivity index (χ2n) is 9.41. The second-order valence-corrected chi connectivity index (χ2v) is 11.4. The van der Waals surface area contributed by atoms with Crippen LogP contribution in [0.3, 0.4) is 0 Å². The number of fused-ring (bicyclic) bond motifs is 1. The number of aromatic nitrogens is 1. The Hall–Kier alpha value is -5.23. The van der Waals surface area contributed by atoms with Crippen molar-refractivity contribution in [2.75, 3.05) is 17.5 Å². The third-order valence-corrected chi connectivity index (χ3v) is 7.90. The molecule has 0 bridgehead atoms. The molecule has 2 aromatic heterocycles. The van der Waals surface area contributed by atoms with E-state index in [-0.39, 0.29) is 57.7 Å². The lowest BCUT2D eigenvalue weighted by molar-refractivity contribution is 0.0684. The number of sulfonamides is 1. The van der Waals surface area contributed by atoms with Crippen LogP contribution in [0, 0.1) is 5.82 Å². The number of anilines is 1. The van der Waals surface area contributed by atoms with Gasteiger partial charge in [-0.15, -0.1) is 0 Å². The molecule has 3 aromatic carbocycles. The van der Waals surface area contributed by atoms with Crippen molar-refractivity contribution < 1.29 is 36.7 Å². The van der Waals surface area contributed by atoms with E-state index in [1.54, 1.807) is 0 Å². The predicted octanol–water partition coefficient (Wildman–Crippen LogP) is 5.70. The molecule has 0 saturated carbocycles. The molecule has 3 N–H and O–H groups in total. The number of ether oxygens (including phenoxy) is 1. The Morgan fingerprint density at radius 3 is 2.40 bits per heavy atom. The van der Waals surface area contributed by atoms with Crippen LogP contribution in [-0.2, 0) is 16.6 Å². The smallest absolute Gasteiger partial charge is 0.358 e. The summed E-state index contributed by atoms with van der Waals surface area (Å²) in [6.07, 6.45) is 0. The van der Waals surface area contributed by atoms with Crippen LogP contribution in [0.1, 0.15) is 33.3 Å². The molecule has 0 spiro atoms. The van der Waals surface area contributed by atoms with Gasteiger partial charge in [0, 0.05) is 29.6 Å². The standard InChI is InChI=1S/C31H26FN3O7S/c1-3-43(39,40)35-24-16-26-22(27(30(36)33-2)29(42-26)19-9-11-20(32)12-10-19)15-21(24)23-13-14-25(28(34-23)31(37)38)41-17-18-7-5-4-6-8-18/h4-16,35H,3,17H2,1-2H3,(H,33,36)(H,37,38). The third-order valence-electron chi connectivity index (χ3n) is 6.61. The van der Waals surface area contributed by atoms with E-state index < -0.39 is 27.7 Å². The van der Waals surface area contributed by atoms with Gasteiger partial charge >= 0.3 is 5.97 Å². The third kappa shape index (κ3) is 6.19. The van der Waals surface area contributed by atoms with Crippen LogP contribution in [0.4, 0.5) is 10.1 Å². The Labute approximate surface area is 246 Å². The summed E-state index contributed by atoms with van der Waals surface area (Å²) in [4.78, 5) is 29.6. The molecule has 0 aliphatic rings. The zero-order valence-corrected chi connectivity index (χ0v) is 23.9. The first kappa shape index (κ1) is 29.3. The number of carboxylic acid groups (broad SMARTS) is 1. The number of amides is 1. The van der Waals surface area contributed by atoms with E-state index in [2.05, 4.69) is 15.0 Å². The molecule has 0 aliphatic carbocycles. The molecule has 0 unspecified atom stereocenters. The lowest BCUT2D eigenvalue weighted by Crippen LogP contribution is -2.18. The number of aromatic carboxylic acids is 1. The Morgan fingerprint density at radius 2 is 1.74 bits per heavy atom. The largest absolute Gasteiger partial charge is 0.486 e. The highest BCUT2D eigenvalue weighted by Crippen LogP contribution is 2.40. The molecule has 10 nitrogen and oxygen atoms in total. The average Bonchev–Trinajstić information content (AvgIpc) is 3.38. The second kappa shape index (κ2) is 11.9. The van der Waals surface area contributed by atoms with Crippen LogP contribution in [0.5, 0.6) is 5.75 Å². The molecule has 0 aliphatic heterocycles. The fourth-order valence-electron chi connectivity index (χ4n) is 4.44. The summed E-state index contributed by atoms with van der Waals surface area (Å²) in [5.74, 6) is -2.42. The van der Waals surface area contributed by atoms with Crippen molar-refractivity contribution >= 4 is 38.6 Å². The summed E-state index contributed by atoms with van der Waals surface area (Å²) < 4.78 is 53.2. The number of nitrogens with zero attached hydrogens (tertiary/aromatic N) is 1. The summed E-state index contributed by atoms with van der Waals surface area (Å²) in [6, 6.07) is 20.4. The van der Waals surface area contributed by atoms with Gasteiger partial charge in [0.15, 0.2) is 11.4 Å². The van der Waals surface area contributed by atoms with Gasteiger partial charge in [0.2, 0.25) is 10.0 Å². The minimum Gasteiger partial charge on any atom is -0.486 e. The lowest BCUT2D eigenvalue weighted by Gasteiger charge is -2.14. The molecule has 5 aromatic rings. The van der Waals surface area contributed by atoms with Crippen LogP contribution < -0.4 is 14.8 Å². The molecule has 5 rings (SSSR count). The van der Waals surface area contributed by atoms with Crippen molar-refractivity contribution in [2.24, 2.45) is 0 Å². The normalized spacial score (nSPS) is 11.3. The van der Waals surface area contributed by atoms with E-state index in [1.165, 1.54) is 62.5 Å². The minimum atomic E-state index is -3.81. The van der Waals surface area contributed by atoms with E-state index in [1.807, 2.05) is 30.3 Å². The number of carboxylic acids is 1. The molecule has 2 heterocycles. The fourth-order valence-corrected chi connectivity index (χ4v) is 5.08. The van der Waals surface area contributed by atoms with Crippen molar-refractivity contribution in [1.82, 2.24) is 10.3 Å². The Bertz CT molecular complexity index is 1940. The molecular weight excluding hydrogens is 577 g/mol. The number of carbonyl (C=O) groups excluding carboxylic acids is 1. The van der Waals surface area contributed by atoms with Crippen LogP contribution in [0.2, 0.25) is 0 Å². The van der Waals surface area contributed by atoms with Crippen molar-refractivity contribution in [3.05, 3.63) is 102 Å². The summed E-state index contributed by atoms with van der Waals surface area (Å²) in [6.45, 7) is 1.57. The highest BCUT2D eigenvalue weighted by atomic mass is 32.2. The van der Waals surface area contributed by atoms with E-state index >= 15 is 0 Å². The van der Waals surface area contributed by atoms with Gasteiger partial charge in [-0.2, -0.15) is 0 Å². The van der Waals surface area contributed by atoms with Gasteiger partial charge < -0.3 is 19.6 Å². The predicted molar refractivity (Wildman–Crippen MR) is 159 cm³/mol. The zero-order valence-electron chi connectivity index (χ0n) is 23.0. The molecule has 1 amide bonds. The van der Waals surface area contributed by atoms with Crippen LogP contribution in [-0.4, -0.2) is 43.2 Å². The highest BCUT2D eigenvalue weighted by molar-refractivity contribution is 7.92. The number of pyridine rings is 1. The lowest BCUT2D eigenvalue weighted by atomic mass is 10.0. The number of nitrogens with one attached hydrogen (secondary N) is 2. The quantitative estimate of drug-likeness (QED) is 0.184. The monoisotopic (exact) mass is 603 g/mol. The number of furan rings is 1. The number of halogens is 1. The van der Waals surface area contributed by atoms with E-state index in [0.717, 1.165) is 5.56 Å². The van der Waals surface area contributed by atoms with Crippen molar-refractivity contribution in [3.8, 4) is 28.3 Å². The topological polar surface area (TPSA) is 148 Å². The van der Waals surface area contributed by atoms with Gasteiger partial charge in [-0.05, 0) is 55.0 Å². The van der Waals surface area contributed by atoms with E-state index in [0.29, 0.717) is 10.9 Å². The first-order valence-electron chi connectivity index (χ1n) is 13.1. The summed E-state index contributed by atoms with van der Waals surface area (Å²) in [7, 11) is -2.37. The minimum absolute atomic E-state index is 0.0184. The maximum Gasteiger partial charge on any atom is 0.358 e. The zero-order chi connectivity index (χ0) is 30.7. The number of hydrogen-bond acceptors (Lipinski definition) is 7. The summed E-state index contributed by atoms with van der Waals surface area (Å²) in [5, 5.41) is 12.8. The van der Waals surface area contributed by atoms with E-state index in [9.17, 15) is 27.5 Å². The average molecular weight is 604 g/mol. The van der Waals surface area contributed by atoms with Crippen LogP contribution in [0.15, 0.2) is 83.3 Å². The Balaban J connectivity index is 1.69.